The number of hydrogen-bond donors (Lipinski definition) is 0. The van der Waals surface area contributed by atoms with Gasteiger partial charge in [-0.15, -0.1) is 0 Å². The van der Waals surface area contributed by atoms with Gasteiger partial charge in [-0.3, -0.25) is 4.79 Å². The lowest BCUT2D eigenvalue weighted by molar-refractivity contribution is 0.0495. The molecule has 6 nitrogen and oxygen atoms in total. The third-order valence-corrected chi connectivity index (χ3v) is 6.34. The van der Waals surface area contributed by atoms with Crippen molar-refractivity contribution >= 4 is 29.1 Å². The Labute approximate surface area is 190 Å². The molecule has 2 fully saturated rings. The number of fused-ring (bicyclic) bond motifs is 1. The Morgan fingerprint density at radius 3 is 2.65 bits per heavy atom. The summed E-state index contributed by atoms with van der Waals surface area (Å²) < 4.78 is 5.91. The smallest absolute Gasteiger partial charge is 0.255 e. The second kappa shape index (κ2) is 8.44. The van der Waals surface area contributed by atoms with E-state index in [1.807, 2.05) is 11.0 Å². The molecule has 1 amide bonds. The van der Waals surface area contributed by atoms with Crippen LogP contribution in [0.1, 0.15) is 29.6 Å². The number of amides is 1. The van der Waals surface area contributed by atoms with Crippen LogP contribution in [0.2, 0.25) is 10.0 Å². The number of likely N-dealkylation sites (tertiary alicyclic amines) is 1. The molecule has 158 valence electrons. The summed E-state index contributed by atoms with van der Waals surface area (Å²) in [6.45, 7) is 0.376. The van der Waals surface area contributed by atoms with E-state index < -0.39 is 0 Å². The predicted molar refractivity (Wildman–Crippen MR) is 118 cm³/mol. The second-order valence-electron chi connectivity index (χ2n) is 7.89. The van der Waals surface area contributed by atoms with Crippen molar-refractivity contribution < 1.29 is 9.53 Å². The third kappa shape index (κ3) is 4.23. The number of carbonyl (C=O) groups excluding carboxylic acids is 1. The molecule has 1 aromatic carbocycles. The van der Waals surface area contributed by atoms with Crippen molar-refractivity contribution in [3.63, 3.8) is 0 Å². The average molecular weight is 455 g/mol. The van der Waals surface area contributed by atoms with Gasteiger partial charge in [0.2, 0.25) is 5.88 Å². The Hall–Kier alpha value is -2.70. The van der Waals surface area contributed by atoms with Crippen molar-refractivity contribution in [1.29, 1.82) is 0 Å². The molecule has 3 heterocycles. The average Bonchev–Trinajstić information content (AvgIpc) is 3.58. The summed E-state index contributed by atoms with van der Waals surface area (Å²) in [5.41, 5.74) is 1.19. The number of rotatable bonds is 5. The van der Waals surface area contributed by atoms with Crippen molar-refractivity contribution in [1.82, 2.24) is 19.9 Å². The summed E-state index contributed by atoms with van der Waals surface area (Å²) in [5.74, 6) is 1.50. The van der Waals surface area contributed by atoms with Gasteiger partial charge in [0, 0.05) is 41.3 Å². The molecule has 3 atom stereocenters. The Bertz CT molecular complexity index is 1090. The van der Waals surface area contributed by atoms with Crippen LogP contribution < -0.4 is 4.74 Å². The quantitative estimate of drug-likeness (QED) is 0.547. The molecule has 8 heteroatoms. The highest BCUT2D eigenvalue weighted by Gasteiger charge is 2.50. The van der Waals surface area contributed by atoms with Crippen LogP contribution in [0.3, 0.4) is 0 Å². The summed E-state index contributed by atoms with van der Waals surface area (Å²) in [5, 5.41) is 1.06. The molecule has 1 saturated carbocycles. The van der Waals surface area contributed by atoms with Gasteiger partial charge in [0.05, 0.1) is 16.6 Å². The molecule has 3 aromatic rings. The Kier molecular flexibility index (Phi) is 5.50. The topological polar surface area (TPSA) is 68.2 Å². The third-order valence-electron chi connectivity index (χ3n) is 5.88. The van der Waals surface area contributed by atoms with Crippen LogP contribution >= 0.6 is 23.2 Å². The minimum atomic E-state index is -0.0604. The molecule has 1 aliphatic heterocycles. The number of halogens is 2. The first-order valence-electron chi connectivity index (χ1n) is 10.2. The zero-order valence-electron chi connectivity index (χ0n) is 16.6. The van der Waals surface area contributed by atoms with E-state index in [9.17, 15) is 4.79 Å². The van der Waals surface area contributed by atoms with Gasteiger partial charge in [0.15, 0.2) is 5.82 Å². The van der Waals surface area contributed by atoms with Crippen molar-refractivity contribution in [2.45, 2.75) is 31.3 Å². The standard InChI is InChI=1S/C23H20Cl2N4O2/c24-15-3-6-18(22-26-8-1-9-27-22)19(11-15)23(30)29-17(5-2-14-10-20(14)29)13-31-21-7-4-16(25)12-28-21/h1,3-4,6-9,11-12,14,17,20H,2,5,10,13H2. The number of nitrogens with zero attached hydrogens (tertiary/aromatic N) is 4. The zero-order valence-corrected chi connectivity index (χ0v) is 18.1. The maximum Gasteiger partial charge on any atom is 0.255 e. The number of aromatic nitrogens is 3. The molecule has 2 aromatic heterocycles. The van der Waals surface area contributed by atoms with Crippen molar-refractivity contribution in [3.8, 4) is 17.3 Å². The molecule has 5 rings (SSSR count). The van der Waals surface area contributed by atoms with Crippen LogP contribution in [0.15, 0.2) is 55.0 Å². The van der Waals surface area contributed by atoms with E-state index in [0.717, 1.165) is 19.3 Å². The van der Waals surface area contributed by atoms with Crippen LogP contribution in [0.4, 0.5) is 0 Å². The molecule has 0 bridgehead atoms. The van der Waals surface area contributed by atoms with Gasteiger partial charge in [-0.1, -0.05) is 23.2 Å². The number of hydrogen-bond acceptors (Lipinski definition) is 5. The summed E-state index contributed by atoms with van der Waals surface area (Å²) in [7, 11) is 0. The molecule has 1 saturated heterocycles. The molecule has 0 N–H and O–H groups in total. The lowest BCUT2D eigenvalue weighted by atomic mass is 9.99. The Morgan fingerprint density at radius 1 is 1.06 bits per heavy atom. The maximum atomic E-state index is 13.8. The lowest BCUT2D eigenvalue weighted by Gasteiger charge is -2.36. The van der Waals surface area contributed by atoms with Crippen molar-refractivity contribution in [2.24, 2.45) is 5.92 Å². The molecular weight excluding hydrogens is 435 g/mol. The summed E-state index contributed by atoms with van der Waals surface area (Å²) in [6, 6.07) is 10.7. The predicted octanol–water partition coefficient (Wildman–Crippen LogP) is 4.92. The Morgan fingerprint density at radius 2 is 1.87 bits per heavy atom. The molecule has 1 aliphatic carbocycles. The number of benzene rings is 1. The van der Waals surface area contributed by atoms with E-state index in [1.165, 1.54) is 0 Å². The van der Waals surface area contributed by atoms with Crippen LogP contribution in [-0.2, 0) is 0 Å². The van der Waals surface area contributed by atoms with Crippen LogP contribution in [-0.4, -0.2) is 44.4 Å². The highest BCUT2D eigenvalue weighted by atomic mass is 35.5. The van der Waals surface area contributed by atoms with Crippen LogP contribution in [0.25, 0.3) is 11.4 Å². The van der Waals surface area contributed by atoms with E-state index >= 15 is 0 Å². The van der Waals surface area contributed by atoms with Gasteiger partial charge < -0.3 is 9.64 Å². The fraction of sp³-hybridized carbons (Fsp3) is 0.304. The van der Waals surface area contributed by atoms with Crippen molar-refractivity contribution in [2.75, 3.05) is 6.61 Å². The SMILES string of the molecule is O=C(c1cc(Cl)ccc1-c1ncccn1)N1C(COc2ccc(Cl)cn2)CCC2CC21. The molecule has 0 spiro atoms. The van der Waals surface area contributed by atoms with Crippen LogP contribution in [0, 0.1) is 5.92 Å². The molecule has 3 unspecified atom stereocenters. The molecule has 0 radical (unpaired) electrons. The number of ether oxygens (including phenoxy) is 1. The monoisotopic (exact) mass is 454 g/mol. The summed E-state index contributed by atoms with van der Waals surface area (Å²) in [6.07, 6.45) is 7.89. The lowest BCUT2D eigenvalue weighted by Crippen LogP contribution is -2.48. The van der Waals surface area contributed by atoms with E-state index in [2.05, 4.69) is 15.0 Å². The van der Waals surface area contributed by atoms with Crippen LogP contribution in [0.5, 0.6) is 5.88 Å². The minimum absolute atomic E-state index is 0.0442. The van der Waals surface area contributed by atoms with Gasteiger partial charge in [-0.2, -0.15) is 0 Å². The highest BCUT2D eigenvalue weighted by molar-refractivity contribution is 6.31. The Balaban J connectivity index is 1.43. The van der Waals surface area contributed by atoms with E-state index in [4.69, 9.17) is 27.9 Å². The number of carbonyl (C=O) groups is 1. The van der Waals surface area contributed by atoms with E-state index in [-0.39, 0.29) is 18.0 Å². The second-order valence-corrected chi connectivity index (χ2v) is 8.77. The maximum absolute atomic E-state index is 13.8. The van der Waals surface area contributed by atoms with Gasteiger partial charge in [0.25, 0.3) is 5.91 Å². The normalized spacial score (nSPS) is 22.0. The van der Waals surface area contributed by atoms with E-state index in [1.54, 1.807) is 48.9 Å². The first-order chi connectivity index (χ1) is 15.1. The molecule has 31 heavy (non-hydrogen) atoms. The number of piperidine rings is 1. The first kappa shape index (κ1) is 20.2. The summed E-state index contributed by atoms with van der Waals surface area (Å²) >= 11 is 12.2. The highest BCUT2D eigenvalue weighted by Crippen LogP contribution is 2.46. The zero-order chi connectivity index (χ0) is 21.4. The summed E-state index contributed by atoms with van der Waals surface area (Å²) in [4.78, 5) is 28.6. The van der Waals surface area contributed by atoms with Gasteiger partial charge >= 0.3 is 0 Å². The van der Waals surface area contributed by atoms with E-state index in [0.29, 0.717) is 45.4 Å². The fourth-order valence-corrected chi connectivity index (χ4v) is 4.56. The molecule has 2 aliphatic rings. The minimum Gasteiger partial charge on any atom is -0.475 e. The van der Waals surface area contributed by atoms with Gasteiger partial charge in [-0.25, -0.2) is 15.0 Å². The number of pyridine rings is 1. The van der Waals surface area contributed by atoms with Crippen molar-refractivity contribution in [3.05, 3.63) is 70.6 Å². The van der Waals surface area contributed by atoms with Gasteiger partial charge in [0.1, 0.15) is 6.61 Å². The largest absolute Gasteiger partial charge is 0.475 e. The first-order valence-corrected chi connectivity index (χ1v) is 11.0. The fourth-order valence-electron chi connectivity index (χ4n) is 4.27. The van der Waals surface area contributed by atoms with Gasteiger partial charge in [-0.05, 0) is 55.5 Å². The molecular formula is C23H20Cl2N4O2.